The molecule has 2 aromatic rings. The van der Waals surface area contributed by atoms with Gasteiger partial charge >= 0.3 is 0 Å². The average molecular weight is 395 g/mol. The fourth-order valence-electron chi connectivity index (χ4n) is 3.91. The fourth-order valence-corrected chi connectivity index (χ4v) is 3.91. The molecule has 5 heteroatoms. The summed E-state index contributed by atoms with van der Waals surface area (Å²) in [5, 5.41) is 3.53. The Morgan fingerprint density at radius 1 is 1.03 bits per heavy atom. The van der Waals surface area contributed by atoms with Gasteiger partial charge in [0.05, 0.1) is 12.6 Å². The fraction of sp³-hybridized carbons (Fsp3) is 0.417. The van der Waals surface area contributed by atoms with E-state index in [1.807, 2.05) is 56.3 Å². The predicted molar refractivity (Wildman–Crippen MR) is 111 cm³/mol. The molecule has 29 heavy (non-hydrogen) atoms. The third-order valence-electron chi connectivity index (χ3n) is 5.30. The van der Waals surface area contributed by atoms with Crippen molar-refractivity contribution in [3.05, 3.63) is 84.4 Å². The highest BCUT2D eigenvalue weighted by Gasteiger charge is 2.56. The van der Waals surface area contributed by atoms with Crippen molar-refractivity contribution in [1.82, 2.24) is 5.32 Å². The molecule has 5 atom stereocenters. The Balaban J connectivity index is 1.47. The van der Waals surface area contributed by atoms with E-state index in [0.29, 0.717) is 13.2 Å². The van der Waals surface area contributed by atoms with E-state index in [1.54, 1.807) is 0 Å². The minimum absolute atomic E-state index is 0.100. The third-order valence-corrected chi connectivity index (χ3v) is 5.30. The minimum Gasteiger partial charge on any atom is -0.368 e. The van der Waals surface area contributed by atoms with Gasteiger partial charge in [0.1, 0.15) is 18.3 Å². The first-order valence-electron chi connectivity index (χ1n) is 10.1. The van der Waals surface area contributed by atoms with Crippen molar-refractivity contribution in [2.24, 2.45) is 0 Å². The maximum absolute atomic E-state index is 6.33. The van der Waals surface area contributed by atoms with Crippen LogP contribution >= 0.6 is 0 Å². The molecule has 0 amide bonds. The van der Waals surface area contributed by atoms with E-state index in [1.165, 1.54) is 5.56 Å². The topological polar surface area (TPSA) is 49.0 Å². The van der Waals surface area contributed by atoms with Crippen molar-refractivity contribution in [2.75, 3.05) is 0 Å². The standard InChI is InChI=1S/C24H29NO4/c1-4-19(25-15-17-11-7-5-8-12-17)20-21(26-16-18-13-9-6-10-14-18)22-23(27-20)29-24(2,3)28-22/h4-14,19-23,25H,1,15-16H2,2-3H3/t19-,20-,21+,22-,23-/m1/s1. The summed E-state index contributed by atoms with van der Waals surface area (Å²) in [7, 11) is 0. The number of hydrogen-bond acceptors (Lipinski definition) is 5. The maximum Gasteiger partial charge on any atom is 0.190 e. The summed E-state index contributed by atoms with van der Waals surface area (Å²) in [4.78, 5) is 0. The Kier molecular flexibility index (Phi) is 6.13. The average Bonchev–Trinajstić information content (AvgIpc) is 3.20. The molecule has 1 N–H and O–H groups in total. The van der Waals surface area contributed by atoms with Gasteiger partial charge in [0.15, 0.2) is 12.1 Å². The van der Waals surface area contributed by atoms with E-state index < -0.39 is 12.1 Å². The van der Waals surface area contributed by atoms with Crippen molar-refractivity contribution >= 4 is 0 Å². The molecular formula is C24H29NO4. The first-order valence-corrected chi connectivity index (χ1v) is 10.1. The van der Waals surface area contributed by atoms with Crippen molar-refractivity contribution in [3.63, 3.8) is 0 Å². The molecule has 0 saturated carbocycles. The second kappa shape index (κ2) is 8.78. The zero-order valence-corrected chi connectivity index (χ0v) is 17.0. The second-order valence-corrected chi connectivity index (χ2v) is 7.96. The first-order chi connectivity index (χ1) is 14.1. The Hall–Kier alpha value is -2.02. The van der Waals surface area contributed by atoms with Crippen molar-refractivity contribution in [3.8, 4) is 0 Å². The summed E-state index contributed by atoms with van der Waals surface area (Å²) in [5.41, 5.74) is 2.31. The molecule has 2 fully saturated rings. The molecule has 2 saturated heterocycles. The van der Waals surface area contributed by atoms with Crippen LogP contribution in [0.4, 0.5) is 0 Å². The Morgan fingerprint density at radius 3 is 2.34 bits per heavy atom. The SMILES string of the molecule is C=C[C@@H](NCc1ccccc1)[C@H]1O[C@@H]2OC(C)(C)O[C@@H]2[C@H]1OCc1ccccc1. The van der Waals surface area contributed by atoms with E-state index in [2.05, 4.69) is 36.2 Å². The lowest BCUT2D eigenvalue weighted by atomic mass is 10.0. The van der Waals surface area contributed by atoms with Crippen LogP contribution in [0.2, 0.25) is 0 Å². The summed E-state index contributed by atoms with van der Waals surface area (Å²) >= 11 is 0. The first kappa shape index (κ1) is 20.3. The highest BCUT2D eigenvalue weighted by Crippen LogP contribution is 2.40. The molecule has 2 aliphatic heterocycles. The Labute approximate surface area is 172 Å². The summed E-state index contributed by atoms with van der Waals surface area (Å²) in [6.07, 6.45) is 0.620. The van der Waals surface area contributed by atoms with Gasteiger partial charge in [-0.15, -0.1) is 6.58 Å². The van der Waals surface area contributed by atoms with Crippen LogP contribution in [0.15, 0.2) is 73.3 Å². The van der Waals surface area contributed by atoms with Crippen molar-refractivity contribution < 1.29 is 18.9 Å². The summed E-state index contributed by atoms with van der Waals surface area (Å²) < 4.78 is 24.7. The van der Waals surface area contributed by atoms with Crippen LogP contribution in [0.5, 0.6) is 0 Å². The van der Waals surface area contributed by atoms with E-state index >= 15 is 0 Å². The van der Waals surface area contributed by atoms with Crippen LogP contribution in [-0.2, 0) is 32.1 Å². The highest BCUT2D eigenvalue weighted by molar-refractivity contribution is 5.16. The summed E-state index contributed by atoms with van der Waals surface area (Å²) in [6, 6.07) is 20.3. The molecule has 5 nitrogen and oxygen atoms in total. The van der Waals surface area contributed by atoms with E-state index in [9.17, 15) is 0 Å². The lowest BCUT2D eigenvalue weighted by Crippen LogP contribution is -2.47. The molecule has 0 aliphatic carbocycles. The number of nitrogens with one attached hydrogen (secondary N) is 1. The summed E-state index contributed by atoms with van der Waals surface area (Å²) in [6.45, 7) is 9.01. The van der Waals surface area contributed by atoms with Crippen LogP contribution in [0.25, 0.3) is 0 Å². The van der Waals surface area contributed by atoms with Crippen LogP contribution in [0, 0.1) is 0 Å². The molecule has 0 aromatic heterocycles. The molecule has 2 aliphatic rings. The van der Waals surface area contributed by atoms with Gasteiger partial charge in [-0.3, -0.25) is 0 Å². The number of rotatable bonds is 8. The van der Waals surface area contributed by atoms with Gasteiger partial charge in [-0.2, -0.15) is 0 Å². The Morgan fingerprint density at radius 2 is 1.69 bits per heavy atom. The van der Waals surface area contributed by atoms with E-state index in [-0.39, 0.29) is 24.4 Å². The van der Waals surface area contributed by atoms with E-state index in [0.717, 1.165) is 5.56 Å². The molecule has 0 bridgehead atoms. The lowest BCUT2D eigenvalue weighted by molar-refractivity contribution is -0.221. The van der Waals surface area contributed by atoms with Crippen LogP contribution in [-0.4, -0.2) is 36.4 Å². The number of benzene rings is 2. The van der Waals surface area contributed by atoms with Gasteiger partial charge in [-0.1, -0.05) is 66.7 Å². The monoisotopic (exact) mass is 395 g/mol. The van der Waals surface area contributed by atoms with Crippen molar-refractivity contribution in [1.29, 1.82) is 0 Å². The molecular weight excluding hydrogens is 366 g/mol. The quantitative estimate of drug-likeness (QED) is 0.689. The molecule has 0 unspecified atom stereocenters. The molecule has 2 aromatic carbocycles. The minimum atomic E-state index is -0.685. The number of ether oxygens (including phenoxy) is 4. The number of hydrogen-bond donors (Lipinski definition) is 1. The van der Waals surface area contributed by atoms with Gasteiger partial charge in [0, 0.05) is 6.54 Å². The van der Waals surface area contributed by atoms with Crippen molar-refractivity contribution in [2.45, 2.75) is 63.4 Å². The van der Waals surface area contributed by atoms with Gasteiger partial charge in [-0.25, -0.2) is 0 Å². The Bertz CT molecular complexity index is 795. The largest absolute Gasteiger partial charge is 0.368 e. The molecule has 4 rings (SSSR count). The highest BCUT2D eigenvalue weighted by atomic mass is 16.8. The van der Waals surface area contributed by atoms with Gasteiger partial charge in [0.2, 0.25) is 0 Å². The van der Waals surface area contributed by atoms with Crippen LogP contribution < -0.4 is 5.32 Å². The smallest absolute Gasteiger partial charge is 0.190 e. The normalized spacial score (nSPS) is 28.8. The molecule has 154 valence electrons. The number of fused-ring (bicyclic) bond motifs is 1. The molecule has 2 heterocycles. The zero-order chi connectivity index (χ0) is 20.3. The maximum atomic E-state index is 6.33. The predicted octanol–water partition coefficient (Wildman–Crippen LogP) is 3.79. The van der Waals surface area contributed by atoms with Crippen LogP contribution in [0.3, 0.4) is 0 Å². The zero-order valence-electron chi connectivity index (χ0n) is 17.0. The lowest BCUT2D eigenvalue weighted by Gasteiger charge is -2.30. The summed E-state index contributed by atoms with van der Waals surface area (Å²) in [5.74, 6) is -0.685. The van der Waals surface area contributed by atoms with Crippen LogP contribution in [0.1, 0.15) is 25.0 Å². The third kappa shape index (κ3) is 4.77. The molecule has 0 radical (unpaired) electrons. The van der Waals surface area contributed by atoms with E-state index in [4.69, 9.17) is 18.9 Å². The second-order valence-electron chi connectivity index (χ2n) is 7.96. The van der Waals surface area contributed by atoms with Gasteiger partial charge < -0.3 is 24.3 Å². The van der Waals surface area contributed by atoms with Gasteiger partial charge in [-0.05, 0) is 25.0 Å². The molecule has 0 spiro atoms. The van der Waals surface area contributed by atoms with Gasteiger partial charge in [0.25, 0.3) is 0 Å².